The van der Waals surface area contributed by atoms with Gasteiger partial charge >= 0.3 is 0 Å². The molecule has 0 spiro atoms. The minimum atomic E-state index is -0.199. The van der Waals surface area contributed by atoms with Gasteiger partial charge in [-0.1, -0.05) is 30.3 Å². The SMILES string of the molecule is CCOc1ccc(N(CCC#N)C(=O)c2cc(-c3ccccc3)nc3c2cnn3CC)cc1. The summed E-state index contributed by atoms with van der Waals surface area (Å²) in [6, 6.07) is 21.1. The Balaban J connectivity index is 1.83. The molecule has 4 rings (SSSR count). The molecular weight excluding hydrogens is 414 g/mol. The maximum atomic E-state index is 13.9. The van der Waals surface area contributed by atoms with Gasteiger partial charge in [-0.3, -0.25) is 4.79 Å². The second kappa shape index (κ2) is 9.96. The minimum Gasteiger partial charge on any atom is -0.494 e. The number of rotatable bonds is 8. The Labute approximate surface area is 192 Å². The van der Waals surface area contributed by atoms with Gasteiger partial charge in [0.15, 0.2) is 5.65 Å². The zero-order chi connectivity index (χ0) is 23.2. The first-order chi connectivity index (χ1) is 16.2. The fourth-order valence-electron chi connectivity index (χ4n) is 3.76. The molecule has 2 heterocycles. The summed E-state index contributed by atoms with van der Waals surface area (Å²) in [6.07, 6.45) is 1.90. The molecular formula is C26H25N5O2. The average molecular weight is 440 g/mol. The summed E-state index contributed by atoms with van der Waals surface area (Å²) in [5, 5.41) is 14.3. The summed E-state index contributed by atoms with van der Waals surface area (Å²) in [7, 11) is 0. The first-order valence-corrected chi connectivity index (χ1v) is 11.0. The van der Waals surface area contributed by atoms with Crippen molar-refractivity contribution in [1.29, 1.82) is 5.26 Å². The first kappa shape index (κ1) is 22.0. The molecule has 0 aliphatic rings. The van der Waals surface area contributed by atoms with Gasteiger partial charge < -0.3 is 9.64 Å². The van der Waals surface area contributed by atoms with Gasteiger partial charge in [0.25, 0.3) is 5.91 Å². The number of nitriles is 1. The van der Waals surface area contributed by atoms with E-state index in [9.17, 15) is 10.1 Å². The topological polar surface area (TPSA) is 84.0 Å². The van der Waals surface area contributed by atoms with Crippen molar-refractivity contribution in [2.45, 2.75) is 26.8 Å². The van der Waals surface area contributed by atoms with Crippen LogP contribution in [0.25, 0.3) is 22.3 Å². The smallest absolute Gasteiger partial charge is 0.259 e. The Morgan fingerprint density at radius 2 is 1.88 bits per heavy atom. The Bertz CT molecular complexity index is 1290. The molecule has 2 aromatic carbocycles. The van der Waals surface area contributed by atoms with Crippen molar-refractivity contribution in [1.82, 2.24) is 14.8 Å². The van der Waals surface area contributed by atoms with E-state index in [2.05, 4.69) is 11.2 Å². The van der Waals surface area contributed by atoms with Gasteiger partial charge in [-0.25, -0.2) is 9.67 Å². The van der Waals surface area contributed by atoms with E-state index in [0.717, 1.165) is 11.3 Å². The Kier molecular flexibility index (Phi) is 6.65. The zero-order valence-corrected chi connectivity index (χ0v) is 18.7. The number of amides is 1. The standard InChI is InChI=1S/C26H25N5O2/c1-3-31-25-23(18-28-31)22(17-24(29-25)19-9-6-5-7-10-19)26(32)30(16-8-15-27)20-11-13-21(14-12-20)33-4-2/h5-7,9-14,17-18H,3-4,8,16H2,1-2H3. The zero-order valence-electron chi connectivity index (χ0n) is 18.7. The van der Waals surface area contributed by atoms with Crippen LogP contribution >= 0.6 is 0 Å². The molecule has 0 aliphatic heterocycles. The van der Waals surface area contributed by atoms with E-state index in [1.54, 1.807) is 15.8 Å². The molecule has 7 heteroatoms. The van der Waals surface area contributed by atoms with Crippen molar-refractivity contribution in [3.63, 3.8) is 0 Å². The van der Waals surface area contributed by atoms with Crippen LogP contribution in [0, 0.1) is 11.3 Å². The van der Waals surface area contributed by atoms with Crippen LogP contribution in [0.5, 0.6) is 5.75 Å². The fourth-order valence-corrected chi connectivity index (χ4v) is 3.76. The van der Waals surface area contributed by atoms with Crippen molar-refractivity contribution in [3.8, 4) is 23.1 Å². The van der Waals surface area contributed by atoms with E-state index < -0.39 is 0 Å². The molecule has 2 aromatic heterocycles. The van der Waals surface area contributed by atoms with Gasteiger partial charge in [-0.15, -0.1) is 0 Å². The van der Waals surface area contributed by atoms with Crippen LogP contribution in [0.4, 0.5) is 5.69 Å². The predicted molar refractivity (Wildman–Crippen MR) is 128 cm³/mol. The quantitative estimate of drug-likeness (QED) is 0.382. The molecule has 0 N–H and O–H groups in total. The van der Waals surface area contributed by atoms with Crippen LogP contribution in [0.15, 0.2) is 66.9 Å². The molecule has 166 valence electrons. The number of aryl methyl sites for hydroxylation is 1. The maximum Gasteiger partial charge on any atom is 0.259 e. The lowest BCUT2D eigenvalue weighted by Crippen LogP contribution is -2.32. The number of pyridine rings is 1. The number of ether oxygens (including phenoxy) is 1. The minimum absolute atomic E-state index is 0.199. The van der Waals surface area contributed by atoms with Crippen LogP contribution in [-0.2, 0) is 6.54 Å². The highest BCUT2D eigenvalue weighted by Crippen LogP contribution is 2.28. The highest BCUT2D eigenvalue weighted by Gasteiger charge is 2.23. The third-order valence-electron chi connectivity index (χ3n) is 5.36. The molecule has 0 saturated carbocycles. The molecule has 4 aromatic rings. The summed E-state index contributed by atoms with van der Waals surface area (Å²) >= 11 is 0. The normalized spacial score (nSPS) is 10.7. The summed E-state index contributed by atoms with van der Waals surface area (Å²) in [5.74, 6) is 0.533. The number of aromatic nitrogens is 3. The molecule has 0 atom stereocenters. The largest absolute Gasteiger partial charge is 0.494 e. The molecule has 0 aliphatic carbocycles. The molecule has 1 amide bonds. The Morgan fingerprint density at radius 1 is 1.12 bits per heavy atom. The number of hydrogen-bond donors (Lipinski definition) is 0. The van der Waals surface area contributed by atoms with Gasteiger partial charge in [0.05, 0.1) is 41.9 Å². The van der Waals surface area contributed by atoms with Gasteiger partial charge in [0, 0.05) is 24.3 Å². The lowest BCUT2D eigenvalue weighted by molar-refractivity contribution is 0.0989. The van der Waals surface area contributed by atoms with Crippen molar-refractivity contribution >= 4 is 22.6 Å². The second-order valence-electron chi connectivity index (χ2n) is 7.41. The van der Waals surface area contributed by atoms with E-state index >= 15 is 0 Å². The Morgan fingerprint density at radius 3 is 2.55 bits per heavy atom. The summed E-state index contributed by atoms with van der Waals surface area (Å²) < 4.78 is 7.32. The van der Waals surface area contributed by atoms with E-state index in [-0.39, 0.29) is 18.9 Å². The number of fused-ring (bicyclic) bond motifs is 1. The lowest BCUT2D eigenvalue weighted by atomic mass is 10.1. The molecule has 0 bridgehead atoms. The van der Waals surface area contributed by atoms with Crippen molar-refractivity contribution in [2.75, 3.05) is 18.1 Å². The highest BCUT2D eigenvalue weighted by molar-refractivity contribution is 6.13. The van der Waals surface area contributed by atoms with Gasteiger partial charge in [0.1, 0.15) is 5.75 Å². The fraction of sp³-hybridized carbons (Fsp3) is 0.231. The lowest BCUT2D eigenvalue weighted by Gasteiger charge is -2.23. The number of carbonyl (C=O) groups excluding carboxylic acids is 1. The van der Waals surface area contributed by atoms with Crippen LogP contribution in [-0.4, -0.2) is 33.8 Å². The average Bonchev–Trinajstić information content (AvgIpc) is 3.28. The molecule has 0 fully saturated rings. The second-order valence-corrected chi connectivity index (χ2v) is 7.41. The third-order valence-corrected chi connectivity index (χ3v) is 5.36. The van der Waals surface area contributed by atoms with Crippen LogP contribution in [0.2, 0.25) is 0 Å². The van der Waals surface area contributed by atoms with E-state index in [4.69, 9.17) is 9.72 Å². The van der Waals surface area contributed by atoms with Crippen LogP contribution < -0.4 is 9.64 Å². The number of anilines is 1. The molecule has 7 nitrogen and oxygen atoms in total. The number of carbonyl (C=O) groups is 1. The van der Waals surface area contributed by atoms with Crippen LogP contribution in [0.3, 0.4) is 0 Å². The maximum absolute atomic E-state index is 13.9. The summed E-state index contributed by atoms with van der Waals surface area (Å²) in [6.45, 7) is 5.39. The van der Waals surface area contributed by atoms with Crippen LogP contribution in [0.1, 0.15) is 30.6 Å². The van der Waals surface area contributed by atoms with E-state index in [1.165, 1.54) is 0 Å². The van der Waals surface area contributed by atoms with Gasteiger partial charge in [0.2, 0.25) is 0 Å². The summed E-state index contributed by atoms with van der Waals surface area (Å²) in [4.78, 5) is 20.3. The van der Waals surface area contributed by atoms with E-state index in [0.29, 0.717) is 41.1 Å². The highest BCUT2D eigenvalue weighted by atomic mass is 16.5. The molecule has 0 radical (unpaired) electrons. The number of hydrogen-bond acceptors (Lipinski definition) is 5. The van der Waals surface area contributed by atoms with Crippen molar-refractivity contribution < 1.29 is 9.53 Å². The van der Waals surface area contributed by atoms with Crippen molar-refractivity contribution in [2.24, 2.45) is 0 Å². The van der Waals surface area contributed by atoms with E-state index in [1.807, 2.05) is 74.5 Å². The number of nitrogens with zero attached hydrogens (tertiary/aromatic N) is 5. The monoisotopic (exact) mass is 439 g/mol. The molecule has 0 unspecified atom stereocenters. The van der Waals surface area contributed by atoms with Gasteiger partial charge in [-0.2, -0.15) is 10.4 Å². The molecule has 0 saturated heterocycles. The van der Waals surface area contributed by atoms with Crippen molar-refractivity contribution in [3.05, 3.63) is 72.4 Å². The molecule has 33 heavy (non-hydrogen) atoms. The third kappa shape index (κ3) is 4.55. The summed E-state index contributed by atoms with van der Waals surface area (Å²) in [5.41, 5.74) is 3.49. The van der Waals surface area contributed by atoms with Gasteiger partial charge in [-0.05, 0) is 44.2 Å². The first-order valence-electron chi connectivity index (χ1n) is 11.0. The predicted octanol–water partition coefficient (Wildman–Crippen LogP) is 5.08. The Hall–Kier alpha value is -4.18. The number of benzene rings is 2.